The Balaban J connectivity index is 2.28. The van der Waals surface area contributed by atoms with Crippen molar-refractivity contribution in [3.05, 3.63) is 29.8 Å². The topological polar surface area (TPSA) is 52.3 Å². The fourth-order valence-electron chi connectivity index (χ4n) is 4.52. The second-order valence-corrected chi connectivity index (χ2v) is 9.80. The third kappa shape index (κ3) is 15.9. The first-order chi connectivity index (χ1) is 16.2. The molecule has 1 aromatic rings. The van der Waals surface area contributed by atoms with E-state index in [-0.39, 0.29) is 12.1 Å². The van der Waals surface area contributed by atoms with E-state index in [9.17, 15) is 4.79 Å². The quantitative estimate of drug-likeness (QED) is 0.107. The lowest BCUT2D eigenvalue weighted by Crippen LogP contribution is -2.13. The zero-order valence-corrected chi connectivity index (χ0v) is 21.9. The van der Waals surface area contributed by atoms with Crippen molar-refractivity contribution < 1.29 is 9.53 Å². The monoisotopic (exact) mass is 459 g/mol. The average molecular weight is 460 g/mol. The van der Waals surface area contributed by atoms with Crippen LogP contribution in [0.25, 0.3) is 0 Å². The van der Waals surface area contributed by atoms with Gasteiger partial charge in [0.2, 0.25) is 0 Å². The minimum absolute atomic E-state index is 0.0675. The lowest BCUT2D eigenvalue weighted by atomic mass is 10.00. The SMILES string of the molecule is CCCCCCCCCCCC(=O)OC(CCCCCCCCCCC)c1ccccc1N. The number of hydrogen-bond acceptors (Lipinski definition) is 3. The van der Waals surface area contributed by atoms with Gasteiger partial charge in [0.05, 0.1) is 0 Å². The van der Waals surface area contributed by atoms with E-state index in [2.05, 4.69) is 13.8 Å². The Kier molecular flexibility index (Phi) is 18.8. The van der Waals surface area contributed by atoms with Gasteiger partial charge in [0, 0.05) is 17.7 Å². The van der Waals surface area contributed by atoms with E-state index in [0.717, 1.165) is 36.9 Å². The Morgan fingerprint density at radius 2 is 1.15 bits per heavy atom. The van der Waals surface area contributed by atoms with Crippen LogP contribution in [0, 0.1) is 0 Å². The number of unbranched alkanes of at least 4 members (excludes halogenated alkanes) is 16. The molecule has 0 aliphatic rings. The first-order valence-electron chi connectivity index (χ1n) is 14.2. The van der Waals surface area contributed by atoms with E-state index < -0.39 is 0 Å². The molecule has 3 heteroatoms. The zero-order valence-electron chi connectivity index (χ0n) is 21.9. The highest BCUT2D eigenvalue weighted by atomic mass is 16.5. The summed E-state index contributed by atoms with van der Waals surface area (Å²) in [7, 11) is 0. The smallest absolute Gasteiger partial charge is 0.306 e. The standard InChI is InChI=1S/C30H53NO2/c1-3-5-7-9-11-13-15-17-19-25-29(27-23-21-22-24-28(27)31)33-30(32)26-20-18-16-14-12-10-8-6-4-2/h21-24,29H,3-20,25-26,31H2,1-2H3. The van der Waals surface area contributed by atoms with Crippen molar-refractivity contribution in [2.75, 3.05) is 5.73 Å². The van der Waals surface area contributed by atoms with Crippen LogP contribution in [0.15, 0.2) is 24.3 Å². The molecule has 0 aliphatic heterocycles. The Morgan fingerprint density at radius 1 is 0.697 bits per heavy atom. The number of rotatable bonds is 22. The van der Waals surface area contributed by atoms with E-state index in [0.29, 0.717) is 6.42 Å². The first-order valence-corrected chi connectivity index (χ1v) is 14.2. The molecule has 0 saturated carbocycles. The van der Waals surface area contributed by atoms with Gasteiger partial charge in [-0.2, -0.15) is 0 Å². The minimum atomic E-state index is -0.207. The van der Waals surface area contributed by atoms with Crippen molar-refractivity contribution in [1.82, 2.24) is 0 Å². The lowest BCUT2D eigenvalue weighted by molar-refractivity contribution is -0.150. The summed E-state index contributed by atoms with van der Waals surface area (Å²) < 4.78 is 5.94. The molecule has 1 unspecified atom stereocenters. The van der Waals surface area contributed by atoms with Gasteiger partial charge < -0.3 is 10.5 Å². The molecule has 0 heterocycles. The van der Waals surface area contributed by atoms with E-state index in [1.54, 1.807) is 0 Å². The highest BCUT2D eigenvalue weighted by Crippen LogP contribution is 2.29. The summed E-state index contributed by atoms with van der Waals surface area (Å²) in [5.41, 5.74) is 7.91. The van der Waals surface area contributed by atoms with Gasteiger partial charge >= 0.3 is 5.97 Å². The van der Waals surface area contributed by atoms with E-state index >= 15 is 0 Å². The highest BCUT2D eigenvalue weighted by Gasteiger charge is 2.18. The Bertz CT molecular complexity index is 586. The molecule has 0 amide bonds. The Morgan fingerprint density at radius 3 is 1.67 bits per heavy atom. The number of carbonyl (C=O) groups is 1. The molecule has 0 aliphatic carbocycles. The van der Waals surface area contributed by atoms with E-state index in [4.69, 9.17) is 10.5 Å². The average Bonchev–Trinajstić information content (AvgIpc) is 2.81. The molecular weight excluding hydrogens is 406 g/mol. The van der Waals surface area contributed by atoms with Crippen molar-refractivity contribution >= 4 is 11.7 Å². The van der Waals surface area contributed by atoms with Gasteiger partial charge in [-0.1, -0.05) is 135 Å². The van der Waals surface area contributed by atoms with Gasteiger partial charge in [-0.15, -0.1) is 0 Å². The van der Waals surface area contributed by atoms with Crippen LogP contribution in [0.1, 0.15) is 154 Å². The molecule has 33 heavy (non-hydrogen) atoms. The highest BCUT2D eigenvalue weighted by molar-refractivity contribution is 5.70. The van der Waals surface area contributed by atoms with Crippen LogP contribution in [0.2, 0.25) is 0 Å². The Hall–Kier alpha value is -1.51. The summed E-state index contributed by atoms with van der Waals surface area (Å²) >= 11 is 0. The molecule has 1 rings (SSSR count). The molecule has 1 aromatic carbocycles. The van der Waals surface area contributed by atoms with Crippen LogP contribution in [0.4, 0.5) is 5.69 Å². The number of benzene rings is 1. The molecule has 0 radical (unpaired) electrons. The van der Waals surface area contributed by atoms with Gasteiger partial charge in [0.15, 0.2) is 0 Å². The van der Waals surface area contributed by atoms with Crippen LogP contribution >= 0.6 is 0 Å². The number of esters is 1. The third-order valence-corrected chi connectivity index (χ3v) is 6.67. The third-order valence-electron chi connectivity index (χ3n) is 6.67. The number of para-hydroxylation sites is 1. The fourth-order valence-corrected chi connectivity index (χ4v) is 4.52. The summed E-state index contributed by atoms with van der Waals surface area (Å²) in [6, 6.07) is 7.86. The van der Waals surface area contributed by atoms with Gasteiger partial charge in [-0.25, -0.2) is 0 Å². The molecular formula is C30H53NO2. The summed E-state index contributed by atoms with van der Waals surface area (Å²) in [6.07, 6.45) is 24.1. The number of anilines is 1. The van der Waals surface area contributed by atoms with Crippen LogP contribution in [-0.2, 0) is 9.53 Å². The molecule has 0 aromatic heterocycles. The van der Waals surface area contributed by atoms with Gasteiger partial charge in [0.1, 0.15) is 6.10 Å². The predicted molar refractivity (Wildman–Crippen MR) is 143 cm³/mol. The number of nitrogen functional groups attached to an aromatic ring is 1. The Labute approximate surface area is 205 Å². The molecule has 3 nitrogen and oxygen atoms in total. The molecule has 0 fully saturated rings. The summed E-state index contributed by atoms with van der Waals surface area (Å²) in [5, 5.41) is 0. The minimum Gasteiger partial charge on any atom is -0.457 e. The fraction of sp³-hybridized carbons (Fsp3) is 0.767. The van der Waals surface area contributed by atoms with Crippen molar-refractivity contribution in [2.45, 2.75) is 148 Å². The van der Waals surface area contributed by atoms with Crippen LogP contribution in [0.5, 0.6) is 0 Å². The lowest BCUT2D eigenvalue weighted by Gasteiger charge is -2.20. The molecule has 2 N–H and O–H groups in total. The van der Waals surface area contributed by atoms with Gasteiger partial charge in [0.25, 0.3) is 0 Å². The maximum Gasteiger partial charge on any atom is 0.306 e. The normalized spacial score (nSPS) is 12.1. The number of carbonyl (C=O) groups excluding carboxylic acids is 1. The predicted octanol–water partition coefficient (Wildman–Crippen LogP) is 9.69. The maximum atomic E-state index is 12.5. The van der Waals surface area contributed by atoms with Crippen molar-refractivity contribution in [3.63, 3.8) is 0 Å². The van der Waals surface area contributed by atoms with Crippen molar-refractivity contribution in [3.8, 4) is 0 Å². The largest absolute Gasteiger partial charge is 0.457 e. The summed E-state index contributed by atoms with van der Waals surface area (Å²) in [4.78, 5) is 12.5. The zero-order chi connectivity index (χ0) is 24.0. The first kappa shape index (κ1) is 29.5. The molecule has 1 atom stereocenters. The van der Waals surface area contributed by atoms with Crippen LogP contribution < -0.4 is 5.73 Å². The maximum absolute atomic E-state index is 12.5. The van der Waals surface area contributed by atoms with Crippen LogP contribution in [-0.4, -0.2) is 5.97 Å². The molecule has 0 bridgehead atoms. The molecule has 0 spiro atoms. The van der Waals surface area contributed by atoms with Gasteiger partial charge in [-0.05, 0) is 25.3 Å². The molecule has 190 valence electrons. The summed E-state index contributed by atoms with van der Waals surface area (Å²) in [5.74, 6) is -0.0675. The second kappa shape index (κ2) is 21.1. The summed E-state index contributed by atoms with van der Waals surface area (Å²) in [6.45, 7) is 4.52. The van der Waals surface area contributed by atoms with E-state index in [1.807, 2.05) is 24.3 Å². The van der Waals surface area contributed by atoms with Crippen LogP contribution in [0.3, 0.4) is 0 Å². The van der Waals surface area contributed by atoms with E-state index in [1.165, 1.54) is 96.3 Å². The number of hydrogen-bond donors (Lipinski definition) is 1. The number of nitrogens with two attached hydrogens (primary N) is 1. The van der Waals surface area contributed by atoms with Crippen molar-refractivity contribution in [2.24, 2.45) is 0 Å². The van der Waals surface area contributed by atoms with Gasteiger partial charge in [-0.3, -0.25) is 4.79 Å². The second-order valence-electron chi connectivity index (χ2n) is 9.80. The van der Waals surface area contributed by atoms with Crippen molar-refractivity contribution in [1.29, 1.82) is 0 Å². The number of ether oxygens (including phenoxy) is 1. The molecule has 0 saturated heterocycles.